The molecule has 110 valence electrons. The molecule has 0 aromatic heterocycles. The van der Waals surface area contributed by atoms with Crippen LogP contribution in [0.15, 0.2) is 30.3 Å². The van der Waals surface area contributed by atoms with Crippen LogP contribution in [0.4, 0.5) is 0 Å². The van der Waals surface area contributed by atoms with Crippen LogP contribution in [0.1, 0.15) is 50.6 Å². The van der Waals surface area contributed by atoms with Crippen molar-refractivity contribution in [3.8, 4) is 0 Å². The van der Waals surface area contributed by atoms with E-state index in [-0.39, 0.29) is 11.9 Å². The molecule has 2 N–H and O–H groups in total. The van der Waals surface area contributed by atoms with Crippen LogP contribution in [0.3, 0.4) is 0 Å². The Morgan fingerprint density at radius 1 is 1.25 bits per heavy atom. The number of amides is 1. The normalized spacial score (nSPS) is 24.1. The quantitative estimate of drug-likeness (QED) is 0.917. The van der Waals surface area contributed by atoms with Crippen molar-refractivity contribution in [2.24, 2.45) is 11.7 Å². The Morgan fingerprint density at radius 3 is 2.45 bits per heavy atom. The number of benzene rings is 1. The number of nitrogens with two attached hydrogens (primary N) is 1. The first-order valence-corrected chi connectivity index (χ1v) is 7.64. The molecule has 1 atom stereocenters. The minimum Gasteiger partial charge on any atom is -0.343 e. The van der Waals surface area contributed by atoms with E-state index >= 15 is 0 Å². The molecule has 3 nitrogen and oxygen atoms in total. The van der Waals surface area contributed by atoms with Crippen LogP contribution in [0.25, 0.3) is 0 Å². The second-order valence-electron chi connectivity index (χ2n) is 6.14. The molecule has 1 aromatic rings. The van der Waals surface area contributed by atoms with Gasteiger partial charge in [-0.05, 0) is 37.2 Å². The van der Waals surface area contributed by atoms with Crippen molar-refractivity contribution in [1.82, 2.24) is 4.90 Å². The number of hydrogen-bond acceptors (Lipinski definition) is 2. The average molecular weight is 274 g/mol. The van der Waals surface area contributed by atoms with Crippen molar-refractivity contribution in [2.45, 2.75) is 51.1 Å². The highest BCUT2D eigenvalue weighted by atomic mass is 16.2. The van der Waals surface area contributed by atoms with Gasteiger partial charge in [-0.1, -0.05) is 37.3 Å². The molecule has 0 saturated heterocycles. The molecule has 1 fully saturated rings. The van der Waals surface area contributed by atoms with Crippen molar-refractivity contribution in [3.63, 3.8) is 0 Å². The number of hydrogen-bond donors (Lipinski definition) is 1. The summed E-state index contributed by atoms with van der Waals surface area (Å²) >= 11 is 0. The van der Waals surface area contributed by atoms with Gasteiger partial charge in [0.1, 0.15) is 0 Å². The SMILES string of the molecule is CC1CCC(N(C)C(=O)CC(N)c2ccccc2)CC1. The summed E-state index contributed by atoms with van der Waals surface area (Å²) in [6.45, 7) is 2.29. The molecule has 1 aliphatic carbocycles. The minimum absolute atomic E-state index is 0.168. The molecular weight excluding hydrogens is 248 g/mol. The van der Waals surface area contributed by atoms with Gasteiger partial charge in [0.25, 0.3) is 0 Å². The summed E-state index contributed by atoms with van der Waals surface area (Å²) in [5, 5.41) is 0. The van der Waals surface area contributed by atoms with Gasteiger partial charge in [0.05, 0.1) is 0 Å². The molecule has 3 heteroatoms. The molecule has 1 aromatic carbocycles. The summed E-state index contributed by atoms with van der Waals surface area (Å²) in [5.41, 5.74) is 7.17. The van der Waals surface area contributed by atoms with E-state index < -0.39 is 0 Å². The van der Waals surface area contributed by atoms with Crippen LogP contribution < -0.4 is 5.73 Å². The Balaban J connectivity index is 1.88. The Labute approximate surface area is 122 Å². The molecule has 0 heterocycles. The molecule has 0 spiro atoms. The molecule has 1 unspecified atom stereocenters. The summed E-state index contributed by atoms with van der Waals surface area (Å²) in [6.07, 6.45) is 5.11. The lowest BCUT2D eigenvalue weighted by Gasteiger charge is -2.34. The third-order valence-electron chi connectivity index (χ3n) is 4.55. The fraction of sp³-hybridized carbons (Fsp3) is 0.588. The maximum atomic E-state index is 12.4. The van der Waals surface area contributed by atoms with Crippen LogP contribution in [0, 0.1) is 5.92 Å². The zero-order valence-corrected chi connectivity index (χ0v) is 12.6. The Hall–Kier alpha value is -1.35. The maximum Gasteiger partial charge on any atom is 0.224 e. The highest BCUT2D eigenvalue weighted by molar-refractivity contribution is 5.77. The summed E-state index contributed by atoms with van der Waals surface area (Å²) in [4.78, 5) is 14.3. The van der Waals surface area contributed by atoms with Gasteiger partial charge in [0.15, 0.2) is 0 Å². The lowest BCUT2D eigenvalue weighted by Crippen LogP contribution is -2.40. The Kier molecular flexibility index (Phi) is 5.18. The van der Waals surface area contributed by atoms with Crippen molar-refractivity contribution in [2.75, 3.05) is 7.05 Å². The van der Waals surface area contributed by atoms with E-state index in [0.717, 1.165) is 24.3 Å². The summed E-state index contributed by atoms with van der Waals surface area (Å²) in [5.74, 6) is 0.974. The van der Waals surface area contributed by atoms with Crippen molar-refractivity contribution in [1.29, 1.82) is 0 Å². The standard InChI is InChI=1S/C17H26N2O/c1-13-8-10-15(11-9-13)19(2)17(20)12-16(18)14-6-4-3-5-7-14/h3-7,13,15-16H,8-12,18H2,1-2H3. The van der Waals surface area contributed by atoms with E-state index in [0.29, 0.717) is 12.5 Å². The first-order chi connectivity index (χ1) is 9.58. The van der Waals surface area contributed by atoms with Gasteiger partial charge in [-0.15, -0.1) is 0 Å². The van der Waals surface area contributed by atoms with Crippen LogP contribution in [0.5, 0.6) is 0 Å². The van der Waals surface area contributed by atoms with Crippen molar-refractivity contribution < 1.29 is 4.79 Å². The van der Waals surface area contributed by atoms with E-state index in [1.807, 2.05) is 42.3 Å². The van der Waals surface area contributed by atoms with E-state index in [4.69, 9.17) is 5.73 Å². The van der Waals surface area contributed by atoms with Crippen molar-refractivity contribution >= 4 is 5.91 Å². The van der Waals surface area contributed by atoms with E-state index in [1.54, 1.807) is 0 Å². The number of carbonyl (C=O) groups excluding carboxylic acids is 1. The Morgan fingerprint density at radius 2 is 1.85 bits per heavy atom. The molecule has 0 aliphatic heterocycles. The molecule has 1 aliphatic rings. The molecular formula is C17H26N2O. The largest absolute Gasteiger partial charge is 0.343 e. The second kappa shape index (κ2) is 6.89. The number of rotatable bonds is 4. The molecule has 1 saturated carbocycles. The van der Waals surface area contributed by atoms with Gasteiger partial charge < -0.3 is 10.6 Å². The highest BCUT2D eigenvalue weighted by Gasteiger charge is 2.25. The summed E-state index contributed by atoms with van der Waals surface area (Å²) in [6, 6.07) is 10.1. The van der Waals surface area contributed by atoms with Gasteiger partial charge in [-0.2, -0.15) is 0 Å². The molecule has 2 rings (SSSR count). The average Bonchev–Trinajstić information content (AvgIpc) is 2.48. The predicted molar refractivity (Wildman–Crippen MR) is 82.2 cm³/mol. The van der Waals surface area contributed by atoms with Crippen molar-refractivity contribution in [3.05, 3.63) is 35.9 Å². The van der Waals surface area contributed by atoms with Crippen LogP contribution in [-0.4, -0.2) is 23.9 Å². The topological polar surface area (TPSA) is 46.3 Å². The van der Waals surface area contributed by atoms with Gasteiger partial charge in [0, 0.05) is 25.6 Å². The lowest BCUT2D eigenvalue weighted by atomic mass is 9.86. The van der Waals surface area contributed by atoms with Gasteiger partial charge in [-0.25, -0.2) is 0 Å². The second-order valence-corrected chi connectivity index (χ2v) is 6.14. The first-order valence-electron chi connectivity index (χ1n) is 7.64. The minimum atomic E-state index is -0.200. The number of nitrogens with zero attached hydrogens (tertiary/aromatic N) is 1. The van der Waals surface area contributed by atoms with Crippen LogP contribution in [0.2, 0.25) is 0 Å². The smallest absolute Gasteiger partial charge is 0.224 e. The predicted octanol–water partition coefficient (Wildman–Crippen LogP) is 3.11. The Bertz CT molecular complexity index is 424. The van der Waals surface area contributed by atoms with E-state index in [9.17, 15) is 4.79 Å². The summed E-state index contributed by atoms with van der Waals surface area (Å²) < 4.78 is 0. The monoisotopic (exact) mass is 274 g/mol. The van der Waals surface area contributed by atoms with Gasteiger partial charge in [-0.3, -0.25) is 4.79 Å². The highest BCUT2D eigenvalue weighted by Crippen LogP contribution is 2.27. The first kappa shape index (κ1) is 15.0. The summed E-state index contributed by atoms with van der Waals surface area (Å²) in [7, 11) is 1.93. The van der Waals surface area contributed by atoms with Gasteiger partial charge in [0.2, 0.25) is 5.91 Å². The number of carbonyl (C=O) groups is 1. The molecule has 0 bridgehead atoms. The zero-order valence-electron chi connectivity index (χ0n) is 12.6. The van der Waals surface area contributed by atoms with E-state index in [1.165, 1.54) is 12.8 Å². The fourth-order valence-electron chi connectivity index (χ4n) is 2.98. The van der Waals surface area contributed by atoms with Crippen LogP contribution in [-0.2, 0) is 4.79 Å². The fourth-order valence-corrected chi connectivity index (χ4v) is 2.98. The molecule has 1 amide bonds. The molecule has 0 radical (unpaired) electrons. The third kappa shape index (κ3) is 3.83. The molecule has 20 heavy (non-hydrogen) atoms. The zero-order chi connectivity index (χ0) is 14.5. The van der Waals surface area contributed by atoms with E-state index in [2.05, 4.69) is 6.92 Å². The third-order valence-corrected chi connectivity index (χ3v) is 4.55. The van der Waals surface area contributed by atoms with Crippen LogP contribution >= 0.6 is 0 Å². The maximum absolute atomic E-state index is 12.4. The van der Waals surface area contributed by atoms with Gasteiger partial charge >= 0.3 is 0 Å². The lowest BCUT2D eigenvalue weighted by molar-refractivity contribution is -0.133.